The van der Waals surface area contributed by atoms with Crippen molar-refractivity contribution in [3.05, 3.63) is 56.8 Å². The lowest BCUT2D eigenvalue weighted by atomic mass is 10.0. The van der Waals surface area contributed by atoms with Gasteiger partial charge in [-0.05, 0) is 43.4 Å². The smallest absolute Gasteiger partial charge is 0.254 e. The largest absolute Gasteiger partial charge is 0.493 e. The summed E-state index contributed by atoms with van der Waals surface area (Å²) in [6, 6.07) is 6.04. The first-order valence-electron chi connectivity index (χ1n) is 9.21. The van der Waals surface area contributed by atoms with Gasteiger partial charge in [0.25, 0.3) is 5.56 Å². The zero-order chi connectivity index (χ0) is 18.1. The zero-order valence-electron chi connectivity index (χ0n) is 15.0. The minimum atomic E-state index is -0.0727. The summed E-state index contributed by atoms with van der Waals surface area (Å²) in [5.74, 6) is 1.67. The van der Waals surface area contributed by atoms with Crippen LogP contribution in [0.15, 0.2) is 23.0 Å². The number of carbonyl (C=O) groups is 1. The maximum atomic E-state index is 12.8. The van der Waals surface area contributed by atoms with Gasteiger partial charge in [-0.15, -0.1) is 0 Å². The van der Waals surface area contributed by atoms with Crippen molar-refractivity contribution < 1.29 is 9.53 Å². The molecule has 2 aliphatic heterocycles. The van der Waals surface area contributed by atoms with E-state index in [4.69, 9.17) is 4.74 Å². The molecule has 4 rings (SSSR count). The number of fused-ring (bicyclic) bond motifs is 2. The molecule has 1 N–H and O–H groups in total. The zero-order valence-corrected chi connectivity index (χ0v) is 15.0. The van der Waals surface area contributed by atoms with Gasteiger partial charge in [0.2, 0.25) is 5.91 Å². The first-order chi connectivity index (χ1) is 12.6. The quantitative estimate of drug-likeness (QED) is 0.889. The fourth-order valence-corrected chi connectivity index (χ4v) is 3.79. The predicted molar refractivity (Wildman–Crippen MR) is 97.5 cm³/mol. The minimum absolute atomic E-state index is 0.0727. The van der Waals surface area contributed by atoms with E-state index in [0.29, 0.717) is 38.2 Å². The number of hydrogen-bond donors (Lipinski definition) is 1. The average molecular weight is 353 g/mol. The van der Waals surface area contributed by atoms with Gasteiger partial charge < -0.3 is 14.6 Å². The summed E-state index contributed by atoms with van der Waals surface area (Å²) in [4.78, 5) is 34.0. The summed E-state index contributed by atoms with van der Waals surface area (Å²) in [5.41, 5.74) is 3.68. The molecule has 0 fully saturated rings. The molecule has 6 nitrogen and oxygen atoms in total. The number of aromatic amines is 1. The summed E-state index contributed by atoms with van der Waals surface area (Å²) >= 11 is 0. The number of rotatable bonds is 2. The van der Waals surface area contributed by atoms with E-state index in [1.54, 1.807) is 6.92 Å². The van der Waals surface area contributed by atoms with Crippen molar-refractivity contribution in [1.82, 2.24) is 14.9 Å². The molecule has 1 aromatic heterocycles. The third kappa shape index (κ3) is 3.36. The minimum Gasteiger partial charge on any atom is -0.493 e. The third-order valence-corrected chi connectivity index (χ3v) is 5.15. The number of aryl methyl sites for hydroxylation is 2. The Morgan fingerprint density at radius 2 is 2.12 bits per heavy atom. The van der Waals surface area contributed by atoms with Crippen LogP contribution in [0.5, 0.6) is 5.75 Å². The maximum absolute atomic E-state index is 12.8. The highest BCUT2D eigenvalue weighted by Crippen LogP contribution is 2.26. The molecule has 3 heterocycles. The second-order valence-corrected chi connectivity index (χ2v) is 7.03. The Balaban J connectivity index is 1.46. The van der Waals surface area contributed by atoms with E-state index >= 15 is 0 Å². The Kier molecular flexibility index (Phi) is 4.49. The molecule has 136 valence electrons. The van der Waals surface area contributed by atoms with Gasteiger partial charge in [-0.3, -0.25) is 9.59 Å². The third-order valence-electron chi connectivity index (χ3n) is 5.15. The molecule has 0 unspecified atom stereocenters. The Morgan fingerprint density at radius 1 is 1.27 bits per heavy atom. The van der Waals surface area contributed by atoms with E-state index in [2.05, 4.69) is 16.0 Å². The molecule has 0 saturated carbocycles. The Bertz CT molecular complexity index is 904. The van der Waals surface area contributed by atoms with Crippen LogP contribution in [0.4, 0.5) is 0 Å². The number of ether oxygens (including phenoxy) is 1. The number of carbonyl (C=O) groups excluding carboxylic acids is 1. The highest BCUT2D eigenvalue weighted by atomic mass is 16.5. The van der Waals surface area contributed by atoms with Crippen LogP contribution in [-0.2, 0) is 30.5 Å². The number of hydrogen-bond acceptors (Lipinski definition) is 4. The van der Waals surface area contributed by atoms with Crippen LogP contribution in [0.25, 0.3) is 0 Å². The molecule has 0 radical (unpaired) electrons. The monoisotopic (exact) mass is 353 g/mol. The van der Waals surface area contributed by atoms with Gasteiger partial charge in [0, 0.05) is 25.1 Å². The van der Waals surface area contributed by atoms with Crippen LogP contribution in [0, 0.1) is 6.92 Å². The van der Waals surface area contributed by atoms with Gasteiger partial charge >= 0.3 is 0 Å². The van der Waals surface area contributed by atoms with Crippen LogP contribution < -0.4 is 10.3 Å². The fraction of sp³-hybridized carbons (Fsp3) is 0.450. The van der Waals surface area contributed by atoms with Crippen LogP contribution in [0.3, 0.4) is 0 Å². The van der Waals surface area contributed by atoms with E-state index < -0.39 is 0 Å². The standard InChI is InChI=1S/C20H23N3O3/c1-13-21-17-7-9-23(8-6-16(17)20(25)22-13)19(24)12-14-4-5-18-15(11-14)3-2-10-26-18/h4-5,11H,2-3,6-10,12H2,1H3,(H,21,22,25). The van der Waals surface area contributed by atoms with Crippen molar-refractivity contribution in [1.29, 1.82) is 0 Å². The fourth-order valence-electron chi connectivity index (χ4n) is 3.79. The molecule has 0 saturated heterocycles. The maximum Gasteiger partial charge on any atom is 0.254 e. The lowest BCUT2D eigenvalue weighted by Gasteiger charge is -2.21. The topological polar surface area (TPSA) is 75.3 Å². The van der Waals surface area contributed by atoms with Crippen molar-refractivity contribution in [2.45, 2.75) is 39.0 Å². The summed E-state index contributed by atoms with van der Waals surface area (Å²) in [6.45, 7) is 3.73. The lowest BCUT2D eigenvalue weighted by molar-refractivity contribution is -0.130. The molecule has 2 aliphatic rings. The van der Waals surface area contributed by atoms with Crippen molar-refractivity contribution in [3.63, 3.8) is 0 Å². The van der Waals surface area contributed by atoms with E-state index in [1.807, 2.05) is 17.0 Å². The number of amides is 1. The SMILES string of the molecule is Cc1nc2c(c(=O)[nH]1)CCN(C(=O)Cc1ccc3c(c1)CCCO3)CC2. The van der Waals surface area contributed by atoms with Crippen LogP contribution >= 0.6 is 0 Å². The Labute approximate surface area is 152 Å². The lowest BCUT2D eigenvalue weighted by Crippen LogP contribution is -2.34. The summed E-state index contributed by atoms with van der Waals surface area (Å²) < 4.78 is 5.64. The summed E-state index contributed by atoms with van der Waals surface area (Å²) in [7, 11) is 0. The van der Waals surface area contributed by atoms with Crippen molar-refractivity contribution in [2.75, 3.05) is 19.7 Å². The molecule has 26 heavy (non-hydrogen) atoms. The Hall–Kier alpha value is -2.63. The number of H-pyrrole nitrogens is 1. The summed E-state index contributed by atoms with van der Waals surface area (Å²) in [5, 5.41) is 0. The second kappa shape index (κ2) is 6.94. The molecule has 1 amide bonds. The normalized spacial score (nSPS) is 16.3. The van der Waals surface area contributed by atoms with Gasteiger partial charge in [-0.25, -0.2) is 4.98 Å². The average Bonchev–Trinajstić information content (AvgIpc) is 2.84. The van der Waals surface area contributed by atoms with Crippen molar-refractivity contribution in [3.8, 4) is 5.75 Å². The Morgan fingerprint density at radius 3 is 3.00 bits per heavy atom. The van der Waals surface area contributed by atoms with Crippen molar-refractivity contribution in [2.24, 2.45) is 0 Å². The predicted octanol–water partition coefficient (Wildman–Crippen LogP) is 1.57. The first kappa shape index (κ1) is 16.8. The number of benzene rings is 1. The molecule has 0 spiro atoms. The molecule has 2 aromatic rings. The van der Waals surface area contributed by atoms with Gasteiger partial charge in [0.15, 0.2) is 0 Å². The van der Waals surface area contributed by atoms with Crippen molar-refractivity contribution >= 4 is 5.91 Å². The van der Waals surface area contributed by atoms with E-state index in [1.165, 1.54) is 5.56 Å². The molecule has 6 heteroatoms. The van der Waals surface area contributed by atoms with Crippen LogP contribution in [-0.4, -0.2) is 40.5 Å². The van der Waals surface area contributed by atoms with E-state index in [-0.39, 0.29) is 11.5 Å². The molecule has 0 bridgehead atoms. The van der Waals surface area contributed by atoms with E-state index in [0.717, 1.165) is 42.0 Å². The van der Waals surface area contributed by atoms with Crippen LogP contribution in [0.1, 0.15) is 34.6 Å². The highest BCUT2D eigenvalue weighted by Gasteiger charge is 2.22. The van der Waals surface area contributed by atoms with Crippen LogP contribution in [0.2, 0.25) is 0 Å². The number of aromatic nitrogens is 2. The molecule has 0 aliphatic carbocycles. The van der Waals surface area contributed by atoms with Gasteiger partial charge in [0.1, 0.15) is 11.6 Å². The summed E-state index contributed by atoms with van der Waals surface area (Å²) in [6.07, 6.45) is 3.60. The number of nitrogens with zero attached hydrogens (tertiary/aromatic N) is 2. The van der Waals surface area contributed by atoms with Gasteiger partial charge in [-0.1, -0.05) is 12.1 Å². The second-order valence-electron chi connectivity index (χ2n) is 7.03. The molecule has 0 atom stereocenters. The molecular formula is C20H23N3O3. The van der Waals surface area contributed by atoms with E-state index in [9.17, 15) is 9.59 Å². The highest BCUT2D eigenvalue weighted by molar-refractivity contribution is 5.79. The molecular weight excluding hydrogens is 330 g/mol. The first-order valence-corrected chi connectivity index (χ1v) is 9.21. The molecule has 1 aromatic carbocycles. The number of nitrogens with one attached hydrogen (secondary N) is 1. The van der Waals surface area contributed by atoms with Gasteiger partial charge in [0.05, 0.1) is 18.7 Å². The van der Waals surface area contributed by atoms with Gasteiger partial charge in [-0.2, -0.15) is 0 Å².